The number of aryl methyl sites for hydroxylation is 1. The molecule has 2 rings (SSSR count). The lowest BCUT2D eigenvalue weighted by Gasteiger charge is -2.09. The van der Waals surface area contributed by atoms with E-state index in [1.807, 2.05) is 44.2 Å². The van der Waals surface area contributed by atoms with Crippen LogP contribution in [-0.4, -0.2) is 23.1 Å². The second kappa shape index (κ2) is 7.10. The summed E-state index contributed by atoms with van der Waals surface area (Å²) in [6, 6.07) is 9.68. The zero-order valence-electron chi connectivity index (χ0n) is 11.7. The van der Waals surface area contributed by atoms with E-state index in [1.165, 1.54) is 5.56 Å². The van der Waals surface area contributed by atoms with Crippen molar-refractivity contribution in [3.63, 3.8) is 0 Å². The topological polar surface area (TPSA) is 47.0 Å². The van der Waals surface area contributed by atoms with Crippen molar-refractivity contribution < 1.29 is 4.74 Å². The lowest BCUT2D eigenvalue weighted by Crippen LogP contribution is -2.08. The van der Waals surface area contributed by atoms with E-state index in [9.17, 15) is 0 Å². The average Bonchev–Trinajstić information content (AvgIpc) is 2.41. The first-order valence-electron chi connectivity index (χ1n) is 6.64. The third-order valence-electron chi connectivity index (χ3n) is 2.74. The van der Waals surface area contributed by atoms with E-state index >= 15 is 0 Å². The van der Waals surface area contributed by atoms with E-state index in [2.05, 4.69) is 15.3 Å². The van der Waals surface area contributed by atoms with Crippen LogP contribution in [0.5, 0.6) is 5.88 Å². The summed E-state index contributed by atoms with van der Waals surface area (Å²) in [5.41, 5.74) is 1.23. The number of hydrogen-bond acceptors (Lipinski definition) is 4. The van der Waals surface area contributed by atoms with Crippen molar-refractivity contribution in [2.75, 3.05) is 18.5 Å². The number of hydrogen-bond donors (Lipinski definition) is 1. The highest BCUT2D eigenvalue weighted by Gasteiger charge is 2.02. The van der Waals surface area contributed by atoms with E-state index in [4.69, 9.17) is 16.3 Å². The van der Waals surface area contributed by atoms with Gasteiger partial charge >= 0.3 is 0 Å². The number of nitrogens with zero attached hydrogens (tertiary/aromatic N) is 2. The molecule has 2 aromatic rings. The Labute approximate surface area is 124 Å². The zero-order valence-corrected chi connectivity index (χ0v) is 12.4. The SMILES string of the molecule is CCOc1cc(NCCc2ccc(Cl)cc2)nc(C)n1. The molecule has 1 N–H and O–H groups in total. The maximum Gasteiger partial charge on any atom is 0.218 e. The molecule has 0 radical (unpaired) electrons. The minimum atomic E-state index is 0.598. The standard InChI is InChI=1S/C15H18ClN3O/c1-3-20-15-10-14(18-11(2)19-15)17-9-8-12-4-6-13(16)7-5-12/h4-7,10H,3,8-9H2,1-2H3,(H,17,18,19). The van der Waals surface area contributed by atoms with Gasteiger partial charge in [-0.15, -0.1) is 0 Å². The number of anilines is 1. The summed E-state index contributed by atoms with van der Waals surface area (Å²) < 4.78 is 5.40. The van der Waals surface area contributed by atoms with Crippen LogP contribution in [0.4, 0.5) is 5.82 Å². The van der Waals surface area contributed by atoms with Gasteiger partial charge in [-0.05, 0) is 38.0 Å². The van der Waals surface area contributed by atoms with Gasteiger partial charge < -0.3 is 10.1 Å². The predicted molar refractivity (Wildman–Crippen MR) is 81.6 cm³/mol. The van der Waals surface area contributed by atoms with Crippen molar-refractivity contribution in [3.05, 3.63) is 46.7 Å². The highest BCUT2D eigenvalue weighted by molar-refractivity contribution is 6.30. The van der Waals surface area contributed by atoms with E-state index in [1.54, 1.807) is 0 Å². The molecule has 0 unspecified atom stereocenters. The molecule has 0 spiro atoms. The summed E-state index contributed by atoms with van der Waals surface area (Å²) in [4.78, 5) is 8.55. The molecule has 1 heterocycles. The number of ether oxygens (including phenoxy) is 1. The summed E-state index contributed by atoms with van der Waals surface area (Å²) in [6.07, 6.45) is 0.907. The van der Waals surface area contributed by atoms with E-state index in [-0.39, 0.29) is 0 Å². The third kappa shape index (κ3) is 4.38. The number of rotatable bonds is 6. The fourth-order valence-electron chi connectivity index (χ4n) is 1.84. The quantitative estimate of drug-likeness (QED) is 0.885. The Hall–Kier alpha value is -1.81. The van der Waals surface area contributed by atoms with Crippen molar-refractivity contribution in [1.29, 1.82) is 0 Å². The molecule has 0 amide bonds. The Morgan fingerprint density at radius 2 is 1.95 bits per heavy atom. The van der Waals surface area contributed by atoms with Crippen LogP contribution in [0.15, 0.2) is 30.3 Å². The van der Waals surface area contributed by atoms with E-state index in [0.717, 1.165) is 23.8 Å². The summed E-state index contributed by atoms with van der Waals surface area (Å²) in [5, 5.41) is 4.04. The monoisotopic (exact) mass is 291 g/mol. The minimum absolute atomic E-state index is 0.598. The van der Waals surface area contributed by atoms with Gasteiger partial charge in [-0.1, -0.05) is 23.7 Å². The predicted octanol–water partition coefficient (Wildman–Crippen LogP) is 3.49. The second-order valence-corrected chi connectivity index (χ2v) is 4.81. The molecular formula is C15H18ClN3O. The summed E-state index contributed by atoms with van der Waals surface area (Å²) >= 11 is 5.86. The molecule has 0 bridgehead atoms. The molecule has 0 saturated heterocycles. The van der Waals surface area contributed by atoms with Crippen LogP contribution in [-0.2, 0) is 6.42 Å². The van der Waals surface area contributed by atoms with Crippen LogP contribution in [0.2, 0.25) is 5.02 Å². The molecule has 0 saturated carbocycles. The molecule has 0 fully saturated rings. The molecule has 5 heteroatoms. The van der Waals surface area contributed by atoms with Crippen LogP contribution in [0.25, 0.3) is 0 Å². The maximum absolute atomic E-state index is 5.86. The molecular weight excluding hydrogens is 274 g/mol. The molecule has 0 aliphatic heterocycles. The van der Waals surface area contributed by atoms with Crippen LogP contribution >= 0.6 is 11.6 Å². The van der Waals surface area contributed by atoms with Gasteiger partial charge in [0.05, 0.1) is 6.61 Å². The van der Waals surface area contributed by atoms with Gasteiger partial charge in [0.2, 0.25) is 5.88 Å². The molecule has 0 aliphatic rings. The number of benzene rings is 1. The van der Waals surface area contributed by atoms with Crippen LogP contribution < -0.4 is 10.1 Å². The first-order chi connectivity index (χ1) is 9.67. The molecule has 0 aliphatic carbocycles. The van der Waals surface area contributed by atoms with Crippen molar-refractivity contribution in [2.45, 2.75) is 20.3 Å². The Morgan fingerprint density at radius 1 is 1.20 bits per heavy atom. The summed E-state index contributed by atoms with van der Waals surface area (Å²) in [6.45, 7) is 5.18. The van der Waals surface area contributed by atoms with Gasteiger partial charge in [-0.25, -0.2) is 4.98 Å². The molecule has 4 nitrogen and oxygen atoms in total. The Balaban J connectivity index is 1.91. The first-order valence-corrected chi connectivity index (χ1v) is 7.02. The third-order valence-corrected chi connectivity index (χ3v) is 2.99. The van der Waals surface area contributed by atoms with Crippen molar-refractivity contribution in [1.82, 2.24) is 9.97 Å². The Kier molecular flexibility index (Phi) is 5.18. The van der Waals surface area contributed by atoms with Crippen LogP contribution in [0, 0.1) is 6.92 Å². The lowest BCUT2D eigenvalue weighted by atomic mass is 10.1. The normalized spacial score (nSPS) is 10.3. The van der Waals surface area contributed by atoms with Crippen molar-refractivity contribution in [2.24, 2.45) is 0 Å². The van der Waals surface area contributed by atoms with Crippen LogP contribution in [0.3, 0.4) is 0 Å². The molecule has 1 aromatic carbocycles. The van der Waals surface area contributed by atoms with Crippen molar-refractivity contribution >= 4 is 17.4 Å². The number of nitrogens with one attached hydrogen (secondary N) is 1. The fraction of sp³-hybridized carbons (Fsp3) is 0.333. The van der Waals surface area contributed by atoms with Gasteiger partial charge in [0.25, 0.3) is 0 Å². The van der Waals surface area contributed by atoms with Gasteiger partial charge in [-0.3, -0.25) is 0 Å². The van der Waals surface area contributed by atoms with E-state index < -0.39 is 0 Å². The highest BCUT2D eigenvalue weighted by atomic mass is 35.5. The second-order valence-electron chi connectivity index (χ2n) is 4.37. The summed E-state index contributed by atoms with van der Waals surface area (Å²) in [7, 11) is 0. The first kappa shape index (κ1) is 14.6. The average molecular weight is 292 g/mol. The van der Waals surface area contributed by atoms with Gasteiger partial charge in [0.1, 0.15) is 11.6 Å². The largest absolute Gasteiger partial charge is 0.478 e. The smallest absolute Gasteiger partial charge is 0.218 e. The minimum Gasteiger partial charge on any atom is -0.478 e. The van der Waals surface area contributed by atoms with E-state index in [0.29, 0.717) is 18.3 Å². The summed E-state index contributed by atoms with van der Waals surface area (Å²) in [5.74, 6) is 2.09. The van der Waals surface area contributed by atoms with Gasteiger partial charge in [-0.2, -0.15) is 4.98 Å². The number of halogens is 1. The molecule has 106 valence electrons. The zero-order chi connectivity index (χ0) is 14.4. The number of aromatic nitrogens is 2. The lowest BCUT2D eigenvalue weighted by molar-refractivity contribution is 0.325. The highest BCUT2D eigenvalue weighted by Crippen LogP contribution is 2.14. The van der Waals surface area contributed by atoms with Crippen molar-refractivity contribution in [3.8, 4) is 5.88 Å². The maximum atomic E-state index is 5.86. The molecule has 0 atom stereocenters. The Morgan fingerprint density at radius 3 is 2.65 bits per heavy atom. The molecule has 20 heavy (non-hydrogen) atoms. The van der Waals surface area contributed by atoms with Crippen LogP contribution in [0.1, 0.15) is 18.3 Å². The molecule has 1 aromatic heterocycles. The Bertz CT molecular complexity index is 558. The van der Waals surface area contributed by atoms with Gasteiger partial charge in [0.15, 0.2) is 0 Å². The fourth-order valence-corrected chi connectivity index (χ4v) is 1.96. The van der Waals surface area contributed by atoms with Gasteiger partial charge in [0, 0.05) is 17.6 Å².